The Morgan fingerprint density at radius 1 is 0.375 bits per heavy atom. The summed E-state index contributed by atoms with van der Waals surface area (Å²) in [5, 5.41) is 2.02. The van der Waals surface area contributed by atoms with E-state index in [0.717, 1.165) is 61.1 Å². The molecule has 0 bridgehead atoms. The summed E-state index contributed by atoms with van der Waals surface area (Å²) in [6.07, 6.45) is 0. The van der Waals surface area contributed by atoms with Crippen LogP contribution in [0.4, 0.5) is 39.8 Å². The third-order valence-corrected chi connectivity index (χ3v) is 11.2. The zero-order valence-corrected chi connectivity index (χ0v) is 34.1. The molecule has 0 radical (unpaired) electrons. The third-order valence-electron chi connectivity index (χ3n) is 11.2. The molecule has 0 unspecified atom stereocenters. The fraction of sp³-hybridized carbons (Fsp3) is 0. The Bertz CT molecular complexity index is 3450. The van der Waals surface area contributed by atoms with E-state index in [9.17, 15) is 0 Å². The molecule has 2 aromatic heterocycles. The van der Waals surface area contributed by atoms with Gasteiger partial charge in [0.15, 0.2) is 17.2 Å². The van der Waals surface area contributed by atoms with Crippen molar-refractivity contribution in [3.8, 4) is 50.7 Å². The number of para-hydroxylation sites is 3. The predicted octanol–water partition coefficient (Wildman–Crippen LogP) is 15.9. The summed E-state index contributed by atoms with van der Waals surface area (Å²) < 4.78 is 2.06. The Balaban J connectivity index is 1.06. The van der Waals surface area contributed by atoms with Crippen molar-refractivity contribution in [1.29, 1.82) is 0 Å². The van der Waals surface area contributed by atoms with Crippen molar-refractivity contribution in [1.82, 2.24) is 14.5 Å². The summed E-state index contributed by atoms with van der Waals surface area (Å²) in [7, 11) is 0. The molecular formula is C56H32N8. The largest absolute Gasteiger partial charge is 0.329 e. The monoisotopic (exact) mass is 816 g/mol. The summed E-state index contributed by atoms with van der Waals surface area (Å²) in [4.78, 5) is 27.4. The van der Waals surface area contributed by atoms with Gasteiger partial charge in [-0.15, -0.1) is 0 Å². The van der Waals surface area contributed by atoms with Crippen molar-refractivity contribution in [3.63, 3.8) is 0 Å². The number of rotatable bonds is 8. The second-order valence-corrected chi connectivity index (χ2v) is 15.0. The van der Waals surface area contributed by atoms with Gasteiger partial charge >= 0.3 is 0 Å². The number of anilines is 3. The van der Waals surface area contributed by atoms with Crippen LogP contribution < -0.4 is 4.90 Å². The second-order valence-electron chi connectivity index (χ2n) is 15.0. The molecule has 0 spiro atoms. The lowest BCUT2D eigenvalue weighted by molar-refractivity contribution is 1.18. The van der Waals surface area contributed by atoms with Gasteiger partial charge in [-0.05, 0) is 95.6 Å². The van der Waals surface area contributed by atoms with Gasteiger partial charge in [0, 0.05) is 39.0 Å². The molecule has 0 saturated carbocycles. The first-order chi connectivity index (χ1) is 31.5. The van der Waals surface area contributed by atoms with Crippen molar-refractivity contribution < 1.29 is 0 Å². The van der Waals surface area contributed by atoms with Crippen molar-refractivity contribution >= 4 is 61.6 Å². The first-order valence-corrected chi connectivity index (χ1v) is 20.4. The molecule has 8 nitrogen and oxygen atoms in total. The van der Waals surface area contributed by atoms with Crippen LogP contribution in [0, 0.1) is 26.3 Å². The van der Waals surface area contributed by atoms with Crippen LogP contribution in [0.15, 0.2) is 194 Å². The average molecular weight is 817 g/mol. The van der Waals surface area contributed by atoms with Crippen LogP contribution in [0.1, 0.15) is 0 Å². The van der Waals surface area contributed by atoms with Gasteiger partial charge in [-0.2, -0.15) is 0 Å². The van der Waals surface area contributed by atoms with Crippen LogP contribution in [-0.4, -0.2) is 14.5 Å². The molecule has 10 aromatic rings. The van der Waals surface area contributed by atoms with E-state index in [4.69, 9.17) is 36.3 Å². The third kappa shape index (κ3) is 7.02. The van der Waals surface area contributed by atoms with Crippen LogP contribution in [0.3, 0.4) is 0 Å². The van der Waals surface area contributed by atoms with E-state index in [1.54, 1.807) is 24.3 Å². The maximum absolute atomic E-state index is 8.45. The normalized spacial score (nSPS) is 10.8. The van der Waals surface area contributed by atoms with Gasteiger partial charge in [0.05, 0.1) is 54.4 Å². The SMILES string of the molecule is [C-]#[N+]c1cccc(-c2cc(-c3ccc(-c4cc([N+]#[C-])c(-n5c6ccccc6c6cc(N(c7ccccc7)c7ccccc7)ccc65)c([N+]#[C-])c4)cc3)nc(-c3cccc([N+]#[C-])c3)n2)c1. The van der Waals surface area contributed by atoms with Crippen molar-refractivity contribution in [3.05, 3.63) is 240 Å². The highest BCUT2D eigenvalue weighted by Gasteiger charge is 2.22. The van der Waals surface area contributed by atoms with Crippen LogP contribution in [0.2, 0.25) is 0 Å². The molecule has 2 heterocycles. The number of nitrogens with zero attached hydrogens (tertiary/aromatic N) is 8. The second kappa shape index (κ2) is 16.5. The Kier molecular flexibility index (Phi) is 9.92. The summed E-state index contributed by atoms with van der Waals surface area (Å²) in [5.74, 6) is 0.459. The Hall–Kier alpha value is -9.60. The van der Waals surface area contributed by atoms with E-state index in [1.165, 1.54) is 0 Å². The highest BCUT2D eigenvalue weighted by molar-refractivity contribution is 6.12. The van der Waals surface area contributed by atoms with Crippen LogP contribution in [0.25, 0.3) is 91.9 Å². The molecule has 8 aromatic carbocycles. The number of fused-ring (bicyclic) bond motifs is 3. The van der Waals surface area contributed by atoms with E-state index in [1.807, 2.05) is 121 Å². The van der Waals surface area contributed by atoms with Gasteiger partial charge in [0.25, 0.3) is 0 Å². The minimum atomic E-state index is 0.364. The molecule has 0 aliphatic heterocycles. The maximum atomic E-state index is 8.45. The summed E-state index contributed by atoms with van der Waals surface area (Å²) in [6, 6.07) is 63.1. The smallest absolute Gasteiger partial charge is 0.200 e. The van der Waals surface area contributed by atoms with E-state index in [-0.39, 0.29) is 0 Å². The number of hydrogen-bond acceptors (Lipinski definition) is 3. The molecule has 0 aliphatic rings. The van der Waals surface area contributed by atoms with E-state index < -0.39 is 0 Å². The van der Waals surface area contributed by atoms with Gasteiger partial charge in [0.1, 0.15) is 0 Å². The molecule has 0 saturated heterocycles. The average Bonchev–Trinajstić information content (AvgIpc) is 3.69. The Morgan fingerprint density at radius 3 is 1.55 bits per heavy atom. The fourth-order valence-electron chi connectivity index (χ4n) is 8.27. The number of benzene rings is 8. The number of aromatic nitrogens is 3. The molecule has 0 amide bonds. The summed E-state index contributed by atoms with van der Waals surface area (Å²) in [6.45, 7) is 32.0. The van der Waals surface area contributed by atoms with Crippen LogP contribution in [-0.2, 0) is 0 Å². The van der Waals surface area contributed by atoms with Gasteiger partial charge < -0.3 is 9.47 Å². The van der Waals surface area contributed by atoms with Gasteiger partial charge in [-0.25, -0.2) is 29.3 Å². The first kappa shape index (κ1) is 38.6. The van der Waals surface area contributed by atoms with Crippen molar-refractivity contribution in [2.24, 2.45) is 0 Å². The highest BCUT2D eigenvalue weighted by Crippen LogP contribution is 2.45. The van der Waals surface area contributed by atoms with Gasteiger partial charge in [-0.1, -0.05) is 115 Å². The zero-order chi connectivity index (χ0) is 43.6. The summed E-state index contributed by atoms with van der Waals surface area (Å²) >= 11 is 0. The Morgan fingerprint density at radius 2 is 0.922 bits per heavy atom. The predicted molar refractivity (Wildman–Crippen MR) is 258 cm³/mol. The molecule has 8 heteroatoms. The van der Waals surface area contributed by atoms with Crippen LogP contribution in [0.5, 0.6) is 0 Å². The quantitative estimate of drug-likeness (QED) is 0.144. The molecule has 0 atom stereocenters. The lowest BCUT2D eigenvalue weighted by atomic mass is 10.00. The topological polar surface area (TPSA) is 51.4 Å². The number of hydrogen-bond donors (Lipinski definition) is 0. The van der Waals surface area contributed by atoms with Gasteiger partial charge in [-0.3, -0.25) is 0 Å². The summed E-state index contributed by atoms with van der Waals surface area (Å²) in [5.41, 5.74) is 12.3. The molecule has 64 heavy (non-hydrogen) atoms. The van der Waals surface area contributed by atoms with E-state index in [2.05, 4.69) is 77.4 Å². The first-order valence-electron chi connectivity index (χ1n) is 20.4. The molecule has 0 fully saturated rings. The minimum Gasteiger partial charge on any atom is -0.329 e. The molecule has 0 aliphatic carbocycles. The molecule has 0 N–H and O–H groups in total. The van der Waals surface area contributed by atoms with E-state index in [0.29, 0.717) is 51.2 Å². The molecule has 10 rings (SSSR count). The minimum absolute atomic E-state index is 0.364. The van der Waals surface area contributed by atoms with Crippen LogP contribution >= 0.6 is 0 Å². The van der Waals surface area contributed by atoms with Gasteiger partial charge in [0.2, 0.25) is 11.4 Å². The lowest BCUT2D eigenvalue weighted by Crippen LogP contribution is -2.09. The molecular weight excluding hydrogens is 785 g/mol. The van der Waals surface area contributed by atoms with Crippen molar-refractivity contribution in [2.45, 2.75) is 0 Å². The fourth-order valence-corrected chi connectivity index (χ4v) is 8.27. The zero-order valence-electron chi connectivity index (χ0n) is 34.1. The lowest BCUT2D eigenvalue weighted by Gasteiger charge is -2.25. The Labute approximate surface area is 370 Å². The standard InChI is InChI=1S/C56H32N8/c1-57-42-17-13-15-39(31-42)50-36-49(61-56(62-50)40-16-14-18-43(32-40)58-2)38-27-25-37(26-28-38)41-33-51(59-3)55(52(34-41)60-4)64-53-24-12-11-23-47(53)48-35-46(29-30-54(48)64)63(44-19-7-5-8-20-44)45-21-9-6-10-22-45/h5-36H. The maximum Gasteiger partial charge on any atom is 0.200 e. The van der Waals surface area contributed by atoms with Crippen molar-refractivity contribution in [2.75, 3.05) is 4.90 Å². The molecule has 296 valence electrons. The van der Waals surface area contributed by atoms with E-state index >= 15 is 0 Å². The highest BCUT2D eigenvalue weighted by atomic mass is 15.1.